The molecule has 0 spiro atoms. The predicted molar refractivity (Wildman–Crippen MR) is 78.9 cm³/mol. The van der Waals surface area contributed by atoms with Crippen molar-refractivity contribution in [2.24, 2.45) is 5.92 Å². The van der Waals surface area contributed by atoms with Gasteiger partial charge in [-0.1, -0.05) is 34.1 Å². The Morgan fingerprint density at radius 3 is 2.67 bits per heavy atom. The number of rotatable bonds is 7. The first-order chi connectivity index (χ1) is 8.52. The maximum Gasteiger partial charge on any atom is 0.0562 e. The van der Waals surface area contributed by atoms with Gasteiger partial charge in [0.05, 0.1) is 5.69 Å². The third-order valence-electron chi connectivity index (χ3n) is 3.21. The van der Waals surface area contributed by atoms with Crippen LogP contribution in [-0.4, -0.2) is 24.6 Å². The van der Waals surface area contributed by atoms with Gasteiger partial charge >= 0.3 is 0 Å². The molecule has 1 N–H and O–H groups in total. The molecule has 0 radical (unpaired) electrons. The van der Waals surface area contributed by atoms with E-state index in [0.29, 0.717) is 6.04 Å². The van der Waals surface area contributed by atoms with Gasteiger partial charge in [-0.3, -0.25) is 4.98 Å². The van der Waals surface area contributed by atoms with Crippen LogP contribution in [0.3, 0.4) is 0 Å². The first-order valence-corrected chi connectivity index (χ1v) is 6.92. The average molecular weight is 249 g/mol. The zero-order chi connectivity index (χ0) is 13.5. The van der Waals surface area contributed by atoms with E-state index in [4.69, 9.17) is 0 Å². The minimum Gasteiger partial charge on any atom is -0.374 e. The number of hydrogen-bond donors (Lipinski definition) is 1. The molecule has 3 nitrogen and oxygen atoms in total. The molecule has 3 heteroatoms. The zero-order valence-corrected chi connectivity index (χ0v) is 12.4. The Morgan fingerprint density at radius 2 is 2.06 bits per heavy atom. The fraction of sp³-hybridized carbons (Fsp3) is 0.667. The van der Waals surface area contributed by atoms with E-state index in [1.165, 1.54) is 12.1 Å². The second kappa shape index (κ2) is 7.37. The number of pyridine rings is 1. The Hall–Kier alpha value is -1.09. The van der Waals surface area contributed by atoms with Crippen molar-refractivity contribution in [3.63, 3.8) is 0 Å². The van der Waals surface area contributed by atoms with E-state index < -0.39 is 0 Å². The molecule has 1 aromatic rings. The fourth-order valence-electron chi connectivity index (χ4n) is 1.81. The van der Waals surface area contributed by atoms with Crippen LogP contribution in [0.2, 0.25) is 0 Å². The van der Waals surface area contributed by atoms with E-state index in [-0.39, 0.29) is 0 Å². The molecule has 0 saturated heterocycles. The largest absolute Gasteiger partial charge is 0.374 e. The molecule has 0 amide bonds. The SMILES string of the molecule is CCC(C)CN(C)c1ccnc(CNC(C)C)c1. The van der Waals surface area contributed by atoms with E-state index in [9.17, 15) is 0 Å². The third kappa shape index (κ3) is 5.05. The molecule has 1 rings (SSSR count). The number of aromatic nitrogens is 1. The molecule has 0 saturated carbocycles. The van der Waals surface area contributed by atoms with Crippen LogP contribution < -0.4 is 10.2 Å². The lowest BCUT2D eigenvalue weighted by atomic mass is 10.1. The molecule has 102 valence electrons. The number of nitrogens with one attached hydrogen (secondary N) is 1. The van der Waals surface area contributed by atoms with Gasteiger partial charge in [0.15, 0.2) is 0 Å². The summed E-state index contributed by atoms with van der Waals surface area (Å²) in [5.74, 6) is 0.723. The molecule has 0 fully saturated rings. The summed E-state index contributed by atoms with van der Waals surface area (Å²) in [6, 6.07) is 4.76. The van der Waals surface area contributed by atoms with Crippen LogP contribution in [0.15, 0.2) is 18.3 Å². The van der Waals surface area contributed by atoms with Gasteiger partial charge in [0.25, 0.3) is 0 Å². The average Bonchev–Trinajstić information content (AvgIpc) is 2.36. The van der Waals surface area contributed by atoms with Crippen molar-refractivity contribution in [3.8, 4) is 0 Å². The number of nitrogens with zero attached hydrogens (tertiary/aromatic N) is 2. The van der Waals surface area contributed by atoms with Crippen molar-refractivity contribution >= 4 is 5.69 Å². The number of hydrogen-bond acceptors (Lipinski definition) is 3. The molecule has 0 bridgehead atoms. The van der Waals surface area contributed by atoms with Gasteiger partial charge < -0.3 is 10.2 Å². The Bertz CT molecular complexity index is 349. The summed E-state index contributed by atoms with van der Waals surface area (Å²) < 4.78 is 0. The standard InChI is InChI=1S/C15H27N3/c1-6-13(4)11-18(5)15-7-8-16-14(9-15)10-17-12(2)3/h7-9,12-13,17H,6,10-11H2,1-5H3. The van der Waals surface area contributed by atoms with E-state index in [0.717, 1.165) is 24.7 Å². The van der Waals surface area contributed by atoms with Gasteiger partial charge in [-0.2, -0.15) is 0 Å². The maximum atomic E-state index is 4.40. The highest BCUT2D eigenvalue weighted by Gasteiger charge is 2.06. The van der Waals surface area contributed by atoms with Gasteiger partial charge in [0.1, 0.15) is 0 Å². The first-order valence-electron chi connectivity index (χ1n) is 6.92. The Balaban J connectivity index is 2.63. The molecule has 1 aromatic heterocycles. The molecule has 0 aromatic carbocycles. The lowest BCUT2D eigenvalue weighted by molar-refractivity contribution is 0.559. The van der Waals surface area contributed by atoms with Gasteiger partial charge in [-0.15, -0.1) is 0 Å². The predicted octanol–water partition coefficient (Wildman–Crippen LogP) is 3.06. The highest BCUT2D eigenvalue weighted by atomic mass is 15.1. The van der Waals surface area contributed by atoms with Gasteiger partial charge in [-0.05, 0) is 18.1 Å². The summed E-state index contributed by atoms with van der Waals surface area (Å²) >= 11 is 0. The second-order valence-corrected chi connectivity index (χ2v) is 5.43. The first kappa shape index (κ1) is 15.0. The Labute approximate surface area is 112 Å². The van der Waals surface area contributed by atoms with Gasteiger partial charge in [0, 0.05) is 38.1 Å². The minimum absolute atomic E-state index is 0.494. The van der Waals surface area contributed by atoms with Gasteiger partial charge in [0.2, 0.25) is 0 Å². The minimum atomic E-state index is 0.494. The van der Waals surface area contributed by atoms with Crippen molar-refractivity contribution in [2.45, 2.75) is 46.7 Å². The van der Waals surface area contributed by atoms with E-state index >= 15 is 0 Å². The summed E-state index contributed by atoms with van der Waals surface area (Å²) in [5.41, 5.74) is 2.36. The van der Waals surface area contributed by atoms with Crippen molar-refractivity contribution in [3.05, 3.63) is 24.0 Å². The highest BCUT2D eigenvalue weighted by Crippen LogP contribution is 2.15. The molecule has 1 atom stereocenters. The smallest absolute Gasteiger partial charge is 0.0562 e. The molecule has 1 unspecified atom stereocenters. The van der Waals surface area contributed by atoms with Crippen LogP contribution in [0.4, 0.5) is 5.69 Å². The van der Waals surface area contributed by atoms with Crippen LogP contribution in [0.1, 0.15) is 39.8 Å². The van der Waals surface area contributed by atoms with E-state index in [2.05, 4.69) is 62.1 Å². The molecule has 0 aliphatic rings. The normalized spacial score (nSPS) is 12.8. The monoisotopic (exact) mass is 249 g/mol. The second-order valence-electron chi connectivity index (χ2n) is 5.43. The third-order valence-corrected chi connectivity index (χ3v) is 3.21. The van der Waals surface area contributed by atoms with Crippen molar-refractivity contribution in [1.82, 2.24) is 10.3 Å². The fourth-order valence-corrected chi connectivity index (χ4v) is 1.81. The number of anilines is 1. The topological polar surface area (TPSA) is 28.2 Å². The molecule has 0 aliphatic heterocycles. The quantitative estimate of drug-likeness (QED) is 0.805. The van der Waals surface area contributed by atoms with Crippen LogP contribution in [-0.2, 0) is 6.54 Å². The summed E-state index contributed by atoms with van der Waals surface area (Å²) in [7, 11) is 2.15. The molecular formula is C15H27N3. The van der Waals surface area contributed by atoms with Crippen LogP contribution in [0.25, 0.3) is 0 Å². The van der Waals surface area contributed by atoms with Crippen molar-refractivity contribution in [2.75, 3.05) is 18.5 Å². The zero-order valence-electron chi connectivity index (χ0n) is 12.4. The lowest BCUT2D eigenvalue weighted by Crippen LogP contribution is -2.25. The Kier molecular flexibility index (Phi) is 6.13. The maximum absolute atomic E-state index is 4.40. The van der Waals surface area contributed by atoms with Crippen molar-refractivity contribution in [1.29, 1.82) is 0 Å². The van der Waals surface area contributed by atoms with Crippen LogP contribution in [0, 0.1) is 5.92 Å². The van der Waals surface area contributed by atoms with Gasteiger partial charge in [-0.25, -0.2) is 0 Å². The molecular weight excluding hydrogens is 222 g/mol. The summed E-state index contributed by atoms with van der Waals surface area (Å²) in [5, 5.41) is 3.40. The van der Waals surface area contributed by atoms with E-state index in [1.807, 2.05) is 6.20 Å². The van der Waals surface area contributed by atoms with Crippen molar-refractivity contribution < 1.29 is 0 Å². The summed E-state index contributed by atoms with van der Waals surface area (Å²) in [6.45, 7) is 10.8. The summed E-state index contributed by atoms with van der Waals surface area (Å²) in [4.78, 5) is 6.72. The van der Waals surface area contributed by atoms with Crippen LogP contribution >= 0.6 is 0 Å². The highest BCUT2D eigenvalue weighted by molar-refractivity contribution is 5.45. The molecule has 0 aliphatic carbocycles. The molecule has 1 heterocycles. The lowest BCUT2D eigenvalue weighted by Gasteiger charge is -2.23. The Morgan fingerprint density at radius 1 is 1.33 bits per heavy atom. The van der Waals surface area contributed by atoms with E-state index in [1.54, 1.807) is 0 Å². The summed E-state index contributed by atoms with van der Waals surface area (Å²) in [6.07, 6.45) is 3.12. The molecule has 18 heavy (non-hydrogen) atoms. The van der Waals surface area contributed by atoms with Crippen LogP contribution in [0.5, 0.6) is 0 Å².